The van der Waals surface area contributed by atoms with Crippen LogP contribution in [0.2, 0.25) is 0 Å². The molecule has 0 unspecified atom stereocenters. The van der Waals surface area contributed by atoms with Crippen molar-refractivity contribution in [3.63, 3.8) is 0 Å². The lowest BCUT2D eigenvalue weighted by molar-refractivity contribution is 0.0352. The summed E-state index contributed by atoms with van der Waals surface area (Å²) in [6, 6.07) is 0. The predicted molar refractivity (Wildman–Crippen MR) is 71.4 cm³/mol. The number of benzene rings is 1. The van der Waals surface area contributed by atoms with Crippen molar-refractivity contribution in [2.45, 2.75) is 25.4 Å². The Bertz CT molecular complexity index is 600. The Balaban J connectivity index is 2.36. The quantitative estimate of drug-likeness (QED) is 0.234. The summed E-state index contributed by atoms with van der Waals surface area (Å²) in [7, 11) is 0. The molecule has 0 spiro atoms. The first-order chi connectivity index (χ1) is 9.84. The van der Waals surface area contributed by atoms with E-state index in [0.717, 1.165) is 6.42 Å². The molecule has 21 heavy (non-hydrogen) atoms. The van der Waals surface area contributed by atoms with Crippen LogP contribution in [0.1, 0.15) is 29.6 Å². The number of ether oxygens (including phenoxy) is 1. The van der Waals surface area contributed by atoms with E-state index in [-0.39, 0.29) is 0 Å². The first-order valence-corrected chi connectivity index (χ1v) is 7.00. The van der Waals surface area contributed by atoms with Crippen LogP contribution in [0.4, 0.5) is 22.0 Å². The largest absolute Gasteiger partial charge is 0.453 e. The molecule has 1 atom stereocenters. The van der Waals surface area contributed by atoms with Crippen molar-refractivity contribution in [3.05, 3.63) is 44.3 Å². The van der Waals surface area contributed by atoms with E-state index in [4.69, 9.17) is 4.74 Å². The first kappa shape index (κ1) is 16.2. The van der Waals surface area contributed by atoms with Crippen LogP contribution in [0.5, 0.6) is 0 Å². The fourth-order valence-corrected chi connectivity index (χ4v) is 2.65. The molecule has 0 aromatic heterocycles. The van der Waals surface area contributed by atoms with Crippen LogP contribution in [0.15, 0.2) is 9.66 Å². The van der Waals surface area contributed by atoms with Gasteiger partial charge in [-0.25, -0.2) is 26.7 Å². The molecular formula is C13H8F5IO2. The smallest absolute Gasteiger partial charge is 0.345 e. The van der Waals surface area contributed by atoms with E-state index in [1.165, 1.54) is 0 Å². The zero-order valence-corrected chi connectivity index (χ0v) is 12.5. The summed E-state index contributed by atoms with van der Waals surface area (Å²) >= 11 is 1.90. The zero-order chi connectivity index (χ0) is 15.7. The minimum atomic E-state index is -2.31. The Morgan fingerprint density at radius 3 is 2.10 bits per heavy atom. The van der Waals surface area contributed by atoms with Gasteiger partial charge in [0.1, 0.15) is 11.7 Å². The van der Waals surface area contributed by atoms with Crippen LogP contribution >= 0.6 is 22.6 Å². The topological polar surface area (TPSA) is 26.3 Å². The fraction of sp³-hybridized carbons (Fsp3) is 0.308. The molecular weight excluding hydrogens is 410 g/mol. The lowest BCUT2D eigenvalue weighted by Gasteiger charge is -2.21. The van der Waals surface area contributed by atoms with Crippen molar-refractivity contribution in [2.75, 3.05) is 0 Å². The molecule has 0 aliphatic heterocycles. The van der Waals surface area contributed by atoms with Crippen molar-refractivity contribution in [1.29, 1.82) is 0 Å². The standard InChI is InChI=1S/C13H8F5IO2/c14-8-7(9(15)11(17)12(18)10(8)16)13(20)21-6-4-2-1-3-5(6)19/h3,6H,1-2,4H2/t6-/m0/s1. The van der Waals surface area contributed by atoms with E-state index in [1.54, 1.807) is 6.08 Å². The van der Waals surface area contributed by atoms with E-state index < -0.39 is 46.7 Å². The summed E-state index contributed by atoms with van der Waals surface area (Å²) in [6.07, 6.45) is 2.94. The molecule has 1 aromatic rings. The van der Waals surface area contributed by atoms with E-state index in [1.807, 2.05) is 22.6 Å². The van der Waals surface area contributed by atoms with Crippen molar-refractivity contribution in [1.82, 2.24) is 0 Å². The summed E-state index contributed by atoms with van der Waals surface area (Å²) in [6.45, 7) is 0. The average molecular weight is 418 g/mol. The minimum absolute atomic E-state index is 0.426. The zero-order valence-electron chi connectivity index (χ0n) is 10.4. The molecule has 1 aliphatic rings. The Hall–Kier alpha value is -1.19. The average Bonchev–Trinajstić information content (AvgIpc) is 2.46. The molecule has 1 aromatic carbocycles. The number of carbonyl (C=O) groups excluding carboxylic acids is 1. The van der Waals surface area contributed by atoms with Gasteiger partial charge in [-0.1, -0.05) is 6.08 Å². The minimum Gasteiger partial charge on any atom is -0.453 e. The summed E-state index contributed by atoms with van der Waals surface area (Å²) in [5.74, 6) is -12.6. The molecule has 0 bridgehead atoms. The maximum Gasteiger partial charge on any atom is 0.345 e. The number of carbonyl (C=O) groups is 1. The molecule has 114 valence electrons. The normalized spacial score (nSPS) is 18.4. The molecule has 1 aliphatic carbocycles. The second kappa shape index (κ2) is 6.29. The van der Waals surface area contributed by atoms with Crippen LogP contribution in [0, 0.1) is 29.1 Å². The van der Waals surface area contributed by atoms with Gasteiger partial charge in [0.25, 0.3) is 0 Å². The van der Waals surface area contributed by atoms with Gasteiger partial charge >= 0.3 is 5.97 Å². The van der Waals surface area contributed by atoms with Gasteiger partial charge in [-0.15, -0.1) is 0 Å². The Kier molecular flexibility index (Phi) is 4.84. The Morgan fingerprint density at radius 1 is 1.05 bits per heavy atom. The second-order valence-electron chi connectivity index (χ2n) is 4.36. The Morgan fingerprint density at radius 2 is 1.57 bits per heavy atom. The van der Waals surface area contributed by atoms with Crippen LogP contribution in [0.25, 0.3) is 0 Å². The highest BCUT2D eigenvalue weighted by molar-refractivity contribution is 14.1. The van der Waals surface area contributed by atoms with E-state index >= 15 is 0 Å². The lowest BCUT2D eigenvalue weighted by Crippen LogP contribution is -2.23. The van der Waals surface area contributed by atoms with Crippen LogP contribution in [0.3, 0.4) is 0 Å². The predicted octanol–water partition coefficient (Wildman–Crippen LogP) is 4.41. The number of allylic oxidation sites excluding steroid dienone is 1. The molecule has 0 fully saturated rings. The summed E-state index contributed by atoms with van der Waals surface area (Å²) < 4.78 is 71.4. The summed E-state index contributed by atoms with van der Waals surface area (Å²) in [5.41, 5.74) is -1.57. The van der Waals surface area contributed by atoms with Crippen molar-refractivity contribution < 1.29 is 31.5 Å². The molecule has 0 N–H and O–H groups in total. The van der Waals surface area contributed by atoms with E-state index in [9.17, 15) is 26.7 Å². The van der Waals surface area contributed by atoms with Gasteiger partial charge in [0.2, 0.25) is 5.82 Å². The van der Waals surface area contributed by atoms with E-state index in [0.29, 0.717) is 16.4 Å². The number of rotatable bonds is 2. The summed E-state index contributed by atoms with van der Waals surface area (Å²) in [5, 5.41) is 0. The highest BCUT2D eigenvalue weighted by Crippen LogP contribution is 2.29. The fourth-order valence-electron chi connectivity index (χ4n) is 1.90. The van der Waals surface area contributed by atoms with Crippen LogP contribution < -0.4 is 0 Å². The maximum absolute atomic E-state index is 13.5. The third-order valence-corrected chi connectivity index (χ3v) is 4.12. The van der Waals surface area contributed by atoms with Crippen LogP contribution in [-0.4, -0.2) is 12.1 Å². The van der Waals surface area contributed by atoms with Gasteiger partial charge in [0, 0.05) is 3.58 Å². The molecule has 0 saturated carbocycles. The highest BCUT2D eigenvalue weighted by atomic mass is 127. The molecule has 0 heterocycles. The highest BCUT2D eigenvalue weighted by Gasteiger charge is 2.32. The molecule has 0 saturated heterocycles. The van der Waals surface area contributed by atoms with Crippen molar-refractivity contribution in [3.8, 4) is 0 Å². The first-order valence-electron chi connectivity index (χ1n) is 5.92. The van der Waals surface area contributed by atoms with E-state index in [2.05, 4.69) is 0 Å². The Labute approximate surface area is 130 Å². The summed E-state index contributed by atoms with van der Waals surface area (Å²) in [4.78, 5) is 11.7. The maximum atomic E-state index is 13.5. The third-order valence-electron chi connectivity index (χ3n) is 2.98. The molecule has 2 nitrogen and oxygen atoms in total. The van der Waals surface area contributed by atoms with Crippen molar-refractivity contribution >= 4 is 28.6 Å². The molecule has 0 radical (unpaired) electrons. The van der Waals surface area contributed by atoms with Gasteiger partial charge < -0.3 is 4.74 Å². The van der Waals surface area contributed by atoms with Gasteiger partial charge in [-0.3, -0.25) is 0 Å². The van der Waals surface area contributed by atoms with Crippen molar-refractivity contribution in [2.24, 2.45) is 0 Å². The number of halogens is 6. The lowest BCUT2D eigenvalue weighted by atomic mass is 10.1. The number of hydrogen-bond acceptors (Lipinski definition) is 2. The van der Waals surface area contributed by atoms with Gasteiger partial charge in [-0.2, -0.15) is 0 Å². The SMILES string of the molecule is O=C(O[C@H]1CCCC=C1I)c1c(F)c(F)c(F)c(F)c1F. The second-order valence-corrected chi connectivity index (χ2v) is 5.60. The van der Waals surface area contributed by atoms with Crippen LogP contribution in [-0.2, 0) is 4.74 Å². The number of esters is 1. The van der Waals surface area contributed by atoms with Gasteiger partial charge in [-0.05, 0) is 41.9 Å². The number of hydrogen-bond donors (Lipinski definition) is 0. The third kappa shape index (κ3) is 3.04. The molecule has 8 heteroatoms. The molecule has 2 rings (SSSR count). The monoisotopic (exact) mass is 418 g/mol. The van der Waals surface area contributed by atoms with Gasteiger partial charge in [0.15, 0.2) is 23.3 Å². The molecule has 0 amide bonds. The van der Waals surface area contributed by atoms with Gasteiger partial charge in [0.05, 0.1) is 0 Å².